The number of benzene rings is 1. The van der Waals surface area contributed by atoms with E-state index in [9.17, 15) is 4.79 Å². The number of hydrogen-bond acceptors (Lipinski definition) is 6. The second-order valence-electron chi connectivity index (χ2n) is 5.82. The summed E-state index contributed by atoms with van der Waals surface area (Å²) in [5.41, 5.74) is 0.947. The van der Waals surface area contributed by atoms with E-state index in [1.54, 1.807) is 18.4 Å². The van der Waals surface area contributed by atoms with Crippen molar-refractivity contribution in [2.75, 3.05) is 7.11 Å². The van der Waals surface area contributed by atoms with Gasteiger partial charge in [0, 0.05) is 18.7 Å². The van der Waals surface area contributed by atoms with Crippen LogP contribution >= 0.6 is 23.1 Å². The summed E-state index contributed by atoms with van der Waals surface area (Å²) in [5.74, 6) is 1.57. The van der Waals surface area contributed by atoms with Crippen molar-refractivity contribution in [3.63, 3.8) is 0 Å². The van der Waals surface area contributed by atoms with Gasteiger partial charge in [-0.2, -0.15) is 0 Å². The summed E-state index contributed by atoms with van der Waals surface area (Å²) < 4.78 is 7.37. The molecule has 0 spiro atoms. The molecule has 2 heterocycles. The van der Waals surface area contributed by atoms with E-state index in [4.69, 9.17) is 4.74 Å². The summed E-state index contributed by atoms with van der Waals surface area (Å²) in [6, 6.07) is 11.7. The minimum absolute atomic E-state index is 0.0470. The molecule has 0 bridgehead atoms. The highest BCUT2D eigenvalue weighted by atomic mass is 32.2. The van der Waals surface area contributed by atoms with Gasteiger partial charge in [-0.1, -0.05) is 36.0 Å². The van der Waals surface area contributed by atoms with Gasteiger partial charge >= 0.3 is 0 Å². The summed E-state index contributed by atoms with van der Waals surface area (Å²) in [5, 5.41) is 14.1. The molecule has 0 aliphatic rings. The van der Waals surface area contributed by atoms with E-state index in [0.29, 0.717) is 6.54 Å². The maximum absolute atomic E-state index is 12.5. The number of rotatable bonds is 8. The molecule has 0 fully saturated rings. The highest BCUT2D eigenvalue weighted by Crippen LogP contribution is 2.29. The van der Waals surface area contributed by atoms with Gasteiger partial charge in [-0.3, -0.25) is 4.79 Å². The first-order valence-corrected chi connectivity index (χ1v) is 10.4. The Bertz CT molecular complexity index is 893. The molecule has 27 heavy (non-hydrogen) atoms. The predicted molar refractivity (Wildman–Crippen MR) is 109 cm³/mol. The maximum atomic E-state index is 12.5. The van der Waals surface area contributed by atoms with E-state index >= 15 is 0 Å². The second kappa shape index (κ2) is 9.05. The number of ether oxygens (including phenoxy) is 1. The van der Waals surface area contributed by atoms with Crippen LogP contribution in [-0.2, 0) is 17.9 Å². The highest BCUT2D eigenvalue weighted by molar-refractivity contribution is 8.00. The predicted octanol–water partition coefficient (Wildman–Crippen LogP) is 3.83. The number of aromatic nitrogens is 3. The van der Waals surface area contributed by atoms with Gasteiger partial charge < -0.3 is 14.6 Å². The lowest BCUT2D eigenvalue weighted by Crippen LogP contribution is -2.30. The lowest BCUT2D eigenvalue weighted by atomic mass is 10.2. The Labute approximate surface area is 167 Å². The molecular weight excluding hydrogens is 380 g/mol. The molecule has 0 aliphatic heterocycles. The summed E-state index contributed by atoms with van der Waals surface area (Å²) in [6.45, 7) is 5.10. The zero-order valence-corrected chi connectivity index (χ0v) is 17.1. The van der Waals surface area contributed by atoms with Crippen molar-refractivity contribution in [1.29, 1.82) is 0 Å². The van der Waals surface area contributed by atoms with Crippen molar-refractivity contribution in [3.8, 4) is 16.5 Å². The summed E-state index contributed by atoms with van der Waals surface area (Å²) >= 11 is 3.05. The number of nitrogens with zero attached hydrogens (tertiary/aromatic N) is 3. The van der Waals surface area contributed by atoms with E-state index in [0.717, 1.165) is 33.7 Å². The molecular formula is C19H22N4O2S2. The number of methoxy groups -OCH3 is 1. The molecule has 1 atom stereocenters. The summed E-state index contributed by atoms with van der Waals surface area (Å²) in [7, 11) is 1.63. The Morgan fingerprint density at radius 1 is 1.30 bits per heavy atom. The van der Waals surface area contributed by atoms with Gasteiger partial charge in [0.1, 0.15) is 5.75 Å². The zero-order valence-electron chi connectivity index (χ0n) is 15.5. The van der Waals surface area contributed by atoms with Crippen LogP contribution in [0.15, 0.2) is 46.9 Å². The molecule has 8 heteroatoms. The van der Waals surface area contributed by atoms with Crippen LogP contribution in [0.1, 0.15) is 19.4 Å². The fraction of sp³-hybridized carbons (Fsp3) is 0.316. The number of para-hydroxylation sites is 1. The fourth-order valence-corrected chi connectivity index (χ4v) is 4.29. The lowest BCUT2D eigenvalue weighted by Gasteiger charge is -2.14. The molecule has 1 aromatic carbocycles. The van der Waals surface area contributed by atoms with Gasteiger partial charge in [0.05, 0.1) is 17.2 Å². The van der Waals surface area contributed by atoms with Crippen molar-refractivity contribution < 1.29 is 9.53 Å². The van der Waals surface area contributed by atoms with E-state index in [1.165, 1.54) is 11.8 Å². The monoisotopic (exact) mass is 402 g/mol. The maximum Gasteiger partial charge on any atom is 0.233 e. The molecule has 0 saturated carbocycles. The first kappa shape index (κ1) is 19.4. The third-order valence-electron chi connectivity index (χ3n) is 4.07. The van der Waals surface area contributed by atoms with Crippen molar-refractivity contribution in [2.45, 2.75) is 37.3 Å². The van der Waals surface area contributed by atoms with Gasteiger partial charge in [-0.05, 0) is 31.4 Å². The number of hydrogen-bond donors (Lipinski definition) is 1. The smallest absolute Gasteiger partial charge is 0.233 e. The van der Waals surface area contributed by atoms with Crippen LogP contribution in [0.2, 0.25) is 0 Å². The number of carbonyl (C=O) groups is 1. The molecule has 3 aromatic rings. The van der Waals surface area contributed by atoms with Crippen LogP contribution in [0.3, 0.4) is 0 Å². The van der Waals surface area contributed by atoms with Crippen LogP contribution < -0.4 is 10.1 Å². The quantitative estimate of drug-likeness (QED) is 0.580. The second-order valence-corrected chi connectivity index (χ2v) is 8.07. The van der Waals surface area contributed by atoms with Gasteiger partial charge in [-0.15, -0.1) is 21.5 Å². The van der Waals surface area contributed by atoms with Crippen molar-refractivity contribution in [2.24, 2.45) is 0 Å². The molecule has 1 N–H and O–H groups in total. The normalized spacial score (nSPS) is 12.0. The van der Waals surface area contributed by atoms with E-state index in [1.807, 2.05) is 53.3 Å². The fourth-order valence-electron chi connectivity index (χ4n) is 2.64. The number of carbonyl (C=O) groups excluding carboxylic acids is 1. The van der Waals surface area contributed by atoms with Crippen molar-refractivity contribution in [3.05, 3.63) is 47.3 Å². The Kier molecular flexibility index (Phi) is 6.52. The number of thiophene rings is 1. The number of thioether (sulfide) groups is 1. The molecule has 1 amide bonds. The van der Waals surface area contributed by atoms with Crippen molar-refractivity contribution >= 4 is 29.0 Å². The minimum Gasteiger partial charge on any atom is -0.496 e. The minimum atomic E-state index is -0.287. The lowest BCUT2D eigenvalue weighted by molar-refractivity contribution is -0.120. The Balaban J connectivity index is 1.65. The molecule has 3 rings (SSSR count). The molecule has 0 radical (unpaired) electrons. The van der Waals surface area contributed by atoms with Gasteiger partial charge in [0.15, 0.2) is 11.0 Å². The first-order chi connectivity index (χ1) is 13.1. The molecule has 2 aromatic heterocycles. The standard InChI is InChI=1S/C19H22N4O2S2/c1-4-23-17(16-10-7-11-26-16)21-22-19(23)27-13(2)18(24)20-12-14-8-5-6-9-15(14)25-3/h5-11,13H,4,12H2,1-3H3,(H,20,24). The van der Waals surface area contributed by atoms with Crippen LogP contribution in [0.5, 0.6) is 5.75 Å². The summed E-state index contributed by atoms with van der Waals surface area (Å²) in [6.07, 6.45) is 0. The molecule has 0 saturated heterocycles. The molecule has 1 unspecified atom stereocenters. The van der Waals surface area contributed by atoms with Crippen LogP contribution in [0.4, 0.5) is 0 Å². The van der Waals surface area contributed by atoms with Crippen LogP contribution in [0, 0.1) is 0 Å². The molecule has 6 nitrogen and oxygen atoms in total. The van der Waals surface area contributed by atoms with E-state index < -0.39 is 0 Å². The van der Waals surface area contributed by atoms with Crippen LogP contribution in [-0.4, -0.2) is 33.0 Å². The average molecular weight is 403 g/mol. The topological polar surface area (TPSA) is 69.0 Å². The Hall–Kier alpha value is -2.32. The van der Waals surface area contributed by atoms with Crippen molar-refractivity contribution in [1.82, 2.24) is 20.1 Å². The molecule has 0 aliphatic carbocycles. The Morgan fingerprint density at radius 2 is 2.11 bits per heavy atom. The average Bonchev–Trinajstić information content (AvgIpc) is 3.35. The highest BCUT2D eigenvalue weighted by Gasteiger charge is 2.20. The SMILES string of the molecule is CCn1c(SC(C)C(=O)NCc2ccccc2OC)nnc1-c1cccs1. The molecule has 142 valence electrons. The number of nitrogens with one attached hydrogen (secondary N) is 1. The first-order valence-electron chi connectivity index (χ1n) is 8.67. The van der Waals surface area contributed by atoms with E-state index in [2.05, 4.69) is 22.4 Å². The summed E-state index contributed by atoms with van der Waals surface area (Å²) in [4.78, 5) is 13.6. The van der Waals surface area contributed by atoms with Gasteiger partial charge in [-0.25, -0.2) is 0 Å². The largest absolute Gasteiger partial charge is 0.496 e. The number of amides is 1. The van der Waals surface area contributed by atoms with E-state index in [-0.39, 0.29) is 11.2 Å². The van der Waals surface area contributed by atoms with Crippen LogP contribution in [0.25, 0.3) is 10.7 Å². The third-order valence-corrected chi connectivity index (χ3v) is 6.02. The Morgan fingerprint density at radius 3 is 2.81 bits per heavy atom. The van der Waals surface area contributed by atoms with Gasteiger partial charge in [0.25, 0.3) is 0 Å². The third kappa shape index (κ3) is 4.51. The van der Waals surface area contributed by atoms with Gasteiger partial charge in [0.2, 0.25) is 5.91 Å². The zero-order chi connectivity index (χ0) is 19.2.